The SMILES string of the molecule is O=C1NC2(CCc3ccccc32)C(=O)N1Cc1noc(C2CC2)n1. The highest BCUT2D eigenvalue weighted by Crippen LogP contribution is 2.42. The van der Waals surface area contributed by atoms with Crippen LogP contribution in [-0.4, -0.2) is 27.0 Å². The molecular formula is C17H16N4O3. The molecule has 3 aliphatic rings. The quantitative estimate of drug-likeness (QED) is 0.870. The van der Waals surface area contributed by atoms with Gasteiger partial charge in [-0.05, 0) is 36.8 Å². The van der Waals surface area contributed by atoms with Crippen molar-refractivity contribution in [3.63, 3.8) is 0 Å². The van der Waals surface area contributed by atoms with Gasteiger partial charge in [-0.3, -0.25) is 9.69 Å². The zero-order valence-electron chi connectivity index (χ0n) is 13.0. The molecule has 24 heavy (non-hydrogen) atoms. The third kappa shape index (κ3) is 1.84. The molecule has 2 aromatic rings. The Bertz CT molecular complexity index is 857. The zero-order valence-corrected chi connectivity index (χ0v) is 13.0. The molecule has 7 heteroatoms. The Kier molecular flexibility index (Phi) is 2.66. The summed E-state index contributed by atoms with van der Waals surface area (Å²) in [7, 11) is 0. The van der Waals surface area contributed by atoms with Crippen LogP contribution in [0.4, 0.5) is 4.79 Å². The molecule has 1 unspecified atom stereocenters. The van der Waals surface area contributed by atoms with Crippen molar-refractivity contribution in [2.75, 3.05) is 0 Å². The molecule has 1 aromatic carbocycles. The van der Waals surface area contributed by atoms with Crippen LogP contribution in [0.2, 0.25) is 0 Å². The van der Waals surface area contributed by atoms with E-state index >= 15 is 0 Å². The number of hydrogen-bond acceptors (Lipinski definition) is 5. The van der Waals surface area contributed by atoms with Crippen LogP contribution in [0.3, 0.4) is 0 Å². The van der Waals surface area contributed by atoms with Crippen molar-refractivity contribution in [2.45, 2.75) is 43.7 Å². The number of urea groups is 1. The molecule has 1 aliphatic heterocycles. The molecular weight excluding hydrogens is 308 g/mol. The van der Waals surface area contributed by atoms with E-state index in [1.165, 1.54) is 4.90 Å². The molecule has 2 aliphatic carbocycles. The molecule has 5 rings (SSSR count). The van der Waals surface area contributed by atoms with Crippen LogP contribution in [0.25, 0.3) is 0 Å². The summed E-state index contributed by atoms with van der Waals surface area (Å²) in [6.07, 6.45) is 3.49. The van der Waals surface area contributed by atoms with Crippen molar-refractivity contribution in [3.05, 3.63) is 47.1 Å². The van der Waals surface area contributed by atoms with E-state index in [9.17, 15) is 9.59 Å². The summed E-state index contributed by atoms with van der Waals surface area (Å²) in [5.41, 5.74) is 1.08. The third-order valence-electron chi connectivity index (χ3n) is 5.13. The second-order valence-electron chi connectivity index (χ2n) is 6.71. The maximum Gasteiger partial charge on any atom is 0.325 e. The first-order valence-electron chi connectivity index (χ1n) is 8.22. The molecule has 7 nitrogen and oxygen atoms in total. The number of amides is 3. The highest BCUT2D eigenvalue weighted by molar-refractivity contribution is 6.08. The van der Waals surface area contributed by atoms with Gasteiger partial charge in [0.2, 0.25) is 5.89 Å². The van der Waals surface area contributed by atoms with Crippen LogP contribution in [0, 0.1) is 0 Å². The summed E-state index contributed by atoms with van der Waals surface area (Å²) >= 11 is 0. The lowest BCUT2D eigenvalue weighted by Gasteiger charge is -2.22. The van der Waals surface area contributed by atoms with Gasteiger partial charge in [-0.2, -0.15) is 4.98 Å². The van der Waals surface area contributed by atoms with E-state index in [0.717, 1.165) is 30.4 Å². The highest BCUT2D eigenvalue weighted by atomic mass is 16.5. The zero-order chi connectivity index (χ0) is 16.3. The van der Waals surface area contributed by atoms with Gasteiger partial charge < -0.3 is 9.84 Å². The fraction of sp³-hybridized carbons (Fsp3) is 0.412. The number of aromatic nitrogens is 2. The number of nitrogens with one attached hydrogen (secondary N) is 1. The Morgan fingerprint density at radius 3 is 2.96 bits per heavy atom. The largest absolute Gasteiger partial charge is 0.339 e. The van der Waals surface area contributed by atoms with Crippen LogP contribution < -0.4 is 5.32 Å². The number of imide groups is 1. The minimum absolute atomic E-state index is 0.0464. The van der Waals surface area contributed by atoms with E-state index in [1.807, 2.05) is 24.3 Å². The monoisotopic (exact) mass is 324 g/mol. The predicted octanol–water partition coefficient (Wildman–Crippen LogP) is 1.84. The third-order valence-corrected chi connectivity index (χ3v) is 5.13. The van der Waals surface area contributed by atoms with Gasteiger partial charge in [-0.15, -0.1) is 0 Å². The first-order chi connectivity index (χ1) is 11.7. The summed E-state index contributed by atoms with van der Waals surface area (Å²) in [5.74, 6) is 1.11. The Morgan fingerprint density at radius 2 is 2.12 bits per heavy atom. The molecule has 1 saturated carbocycles. The van der Waals surface area contributed by atoms with Crippen molar-refractivity contribution in [1.82, 2.24) is 20.4 Å². The van der Waals surface area contributed by atoms with E-state index in [1.54, 1.807) is 0 Å². The van der Waals surface area contributed by atoms with Crippen LogP contribution in [0.15, 0.2) is 28.8 Å². The fourth-order valence-corrected chi connectivity index (χ4v) is 3.70. The van der Waals surface area contributed by atoms with Gasteiger partial charge in [-0.1, -0.05) is 29.4 Å². The predicted molar refractivity (Wildman–Crippen MR) is 81.8 cm³/mol. The van der Waals surface area contributed by atoms with Crippen molar-refractivity contribution in [1.29, 1.82) is 0 Å². The standard InChI is InChI=1S/C17H16N4O3/c22-15-17(8-7-10-3-1-2-4-12(10)17)19-16(23)21(15)9-13-18-14(24-20-13)11-5-6-11/h1-4,11H,5-9H2,(H,19,23). The fourth-order valence-electron chi connectivity index (χ4n) is 3.70. The van der Waals surface area contributed by atoms with Gasteiger partial charge in [-0.25, -0.2) is 4.79 Å². The van der Waals surface area contributed by atoms with E-state index in [4.69, 9.17) is 4.52 Å². The highest BCUT2D eigenvalue weighted by Gasteiger charge is 2.55. The van der Waals surface area contributed by atoms with Gasteiger partial charge >= 0.3 is 6.03 Å². The molecule has 2 fully saturated rings. The molecule has 2 heterocycles. The lowest BCUT2D eigenvalue weighted by atomic mass is 9.92. The molecule has 0 radical (unpaired) electrons. The number of benzene rings is 1. The Balaban J connectivity index is 1.44. The Morgan fingerprint density at radius 1 is 1.29 bits per heavy atom. The number of carbonyl (C=O) groups is 2. The number of hydrogen-bond donors (Lipinski definition) is 1. The second-order valence-corrected chi connectivity index (χ2v) is 6.71. The summed E-state index contributed by atoms with van der Waals surface area (Å²) in [6.45, 7) is 0.0464. The normalized spacial score (nSPS) is 25.4. The summed E-state index contributed by atoms with van der Waals surface area (Å²) < 4.78 is 5.21. The number of rotatable bonds is 3. The van der Waals surface area contributed by atoms with Gasteiger partial charge in [0.05, 0.1) is 6.54 Å². The topological polar surface area (TPSA) is 88.3 Å². The number of nitrogens with zero attached hydrogens (tertiary/aromatic N) is 3. The van der Waals surface area contributed by atoms with Gasteiger partial charge in [0.1, 0.15) is 5.54 Å². The lowest BCUT2D eigenvalue weighted by Crippen LogP contribution is -2.41. The number of fused-ring (bicyclic) bond motifs is 2. The van der Waals surface area contributed by atoms with Gasteiger partial charge in [0.25, 0.3) is 5.91 Å². The minimum atomic E-state index is -0.934. The molecule has 3 amide bonds. The van der Waals surface area contributed by atoms with Crippen molar-refractivity contribution in [2.24, 2.45) is 0 Å². The van der Waals surface area contributed by atoms with Crippen LogP contribution in [0.1, 0.15) is 48.0 Å². The smallest absolute Gasteiger partial charge is 0.325 e. The maximum atomic E-state index is 13.0. The van der Waals surface area contributed by atoms with Crippen LogP contribution in [-0.2, 0) is 23.3 Å². The van der Waals surface area contributed by atoms with Crippen molar-refractivity contribution >= 4 is 11.9 Å². The van der Waals surface area contributed by atoms with Crippen molar-refractivity contribution < 1.29 is 14.1 Å². The van der Waals surface area contributed by atoms with Gasteiger partial charge in [0.15, 0.2) is 5.82 Å². The Hall–Kier alpha value is -2.70. The molecule has 1 aromatic heterocycles. The van der Waals surface area contributed by atoms with Crippen molar-refractivity contribution in [3.8, 4) is 0 Å². The summed E-state index contributed by atoms with van der Waals surface area (Å²) in [5, 5.41) is 6.81. The minimum Gasteiger partial charge on any atom is -0.339 e. The lowest BCUT2D eigenvalue weighted by molar-refractivity contribution is -0.132. The summed E-state index contributed by atoms with van der Waals surface area (Å²) in [4.78, 5) is 30.9. The molecule has 1 atom stereocenters. The summed E-state index contributed by atoms with van der Waals surface area (Å²) in [6, 6.07) is 7.39. The Labute approximate surface area is 138 Å². The van der Waals surface area contributed by atoms with Gasteiger partial charge in [0, 0.05) is 5.92 Å². The van der Waals surface area contributed by atoms with E-state index in [2.05, 4.69) is 15.5 Å². The van der Waals surface area contributed by atoms with E-state index in [-0.39, 0.29) is 12.5 Å². The maximum absolute atomic E-state index is 13.0. The molecule has 0 bridgehead atoms. The average molecular weight is 324 g/mol. The molecule has 1 saturated heterocycles. The number of aryl methyl sites for hydroxylation is 1. The van der Waals surface area contributed by atoms with E-state index in [0.29, 0.717) is 24.1 Å². The van der Waals surface area contributed by atoms with E-state index < -0.39 is 11.6 Å². The number of carbonyl (C=O) groups excluding carboxylic acids is 2. The average Bonchev–Trinajstić information content (AvgIpc) is 3.15. The molecule has 122 valence electrons. The van der Waals surface area contributed by atoms with Crippen LogP contribution >= 0.6 is 0 Å². The molecule has 1 N–H and O–H groups in total. The van der Waals surface area contributed by atoms with Crippen LogP contribution in [0.5, 0.6) is 0 Å². The molecule has 1 spiro atoms. The first kappa shape index (κ1) is 13.7. The first-order valence-corrected chi connectivity index (χ1v) is 8.22. The second kappa shape index (κ2) is 4.66.